The molecule has 2 aliphatic rings. The molecule has 0 aromatic carbocycles. The normalized spacial score (nSPS) is 22.2. The minimum atomic E-state index is -0.165. The summed E-state index contributed by atoms with van der Waals surface area (Å²) in [5.74, 6) is 0. The summed E-state index contributed by atoms with van der Waals surface area (Å²) in [6.45, 7) is 9.66. The lowest BCUT2D eigenvalue weighted by molar-refractivity contribution is 0.120. The Morgan fingerprint density at radius 2 is 1.60 bits per heavy atom. The lowest BCUT2D eigenvalue weighted by Crippen LogP contribution is -2.42. The summed E-state index contributed by atoms with van der Waals surface area (Å²) < 4.78 is 12.1. The van der Waals surface area contributed by atoms with Crippen LogP contribution in [0.1, 0.15) is 59.8 Å². The minimum absolute atomic E-state index is 0.165. The Kier molecular flexibility index (Phi) is 8.03. The molecule has 1 saturated carbocycles. The predicted molar refractivity (Wildman–Crippen MR) is 66.1 cm³/mol. The first kappa shape index (κ1) is 14.9. The lowest BCUT2D eigenvalue weighted by atomic mass is 10.0. The van der Waals surface area contributed by atoms with E-state index in [1.54, 1.807) is 0 Å². The van der Waals surface area contributed by atoms with Crippen molar-refractivity contribution in [1.29, 1.82) is 0 Å². The Hall–Kier alpha value is -0.110. The molecule has 1 aliphatic heterocycles. The highest BCUT2D eigenvalue weighted by atomic mass is 19.1. The molecule has 15 heavy (non-hydrogen) atoms. The molecule has 2 fully saturated rings. The maximum atomic E-state index is 12.1. The van der Waals surface area contributed by atoms with Crippen LogP contribution in [0.4, 0.5) is 4.39 Å². The maximum Gasteiger partial charge on any atom is 0.102 e. The van der Waals surface area contributed by atoms with E-state index in [1.807, 2.05) is 27.7 Å². The molecule has 0 radical (unpaired) electrons. The molecule has 92 valence electrons. The molecule has 1 heterocycles. The van der Waals surface area contributed by atoms with Crippen molar-refractivity contribution in [3.8, 4) is 0 Å². The summed E-state index contributed by atoms with van der Waals surface area (Å²) >= 11 is 0. The first-order valence-corrected chi connectivity index (χ1v) is 6.68. The molecule has 0 aromatic rings. The number of hydrogen-bond donors (Lipinski definition) is 0. The molecule has 1 spiro atoms. The molecule has 2 rings (SSSR count). The van der Waals surface area contributed by atoms with Crippen LogP contribution in [-0.4, -0.2) is 30.2 Å². The van der Waals surface area contributed by atoms with E-state index >= 15 is 0 Å². The number of halogens is 1. The van der Waals surface area contributed by atoms with Gasteiger partial charge < -0.3 is 0 Å². The lowest BCUT2D eigenvalue weighted by Gasteiger charge is -2.35. The Labute approximate surface area is 95.0 Å². The zero-order valence-electron chi connectivity index (χ0n) is 11.0. The van der Waals surface area contributed by atoms with Crippen molar-refractivity contribution in [2.24, 2.45) is 0 Å². The van der Waals surface area contributed by atoms with E-state index in [4.69, 9.17) is 0 Å². The van der Waals surface area contributed by atoms with E-state index in [-0.39, 0.29) is 6.67 Å². The second-order valence-corrected chi connectivity index (χ2v) is 3.86. The predicted octanol–water partition coefficient (Wildman–Crippen LogP) is 4.03. The van der Waals surface area contributed by atoms with Crippen LogP contribution < -0.4 is 0 Å². The van der Waals surface area contributed by atoms with E-state index in [0.29, 0.717) is 12.1 Å². The van der Waals surface area contributed by atoms with Gasteiger partial charge in [0.25, 0.3) is 0 Å². The molecule has 0 atom stereocenters. The number of likely N-dealkylation sites (tertiary alicyclic amines) is 1. The van der Waals surface area contributed by atoms with Gasteiger partial charge in [-0.05, 0) is 32.2 Å². The molecule has 0 bridgehead atoms. The van der Waals surface area contributed by atoms with Gasteiger partial charge in [-0.3, -0.25) is 4.90 Å². The number of rotatable bonds is 2. The van der Waals surface area contributed by atoms with Gasteiger partial charge in [-0.1, -0.05) is 34.1 Å². The summed E-state index contributed by atoms with van der Waals surface area (Å²) in [5, 5.41) is 0. The molecule has 0 N–H and O–H groups in total. The van der Waals surface area contributed by atoms with Gasteiger partial charge in [0.1, 0.15) is 6.67 Å². The highest BCUT2D eigenvalue weighted by Gasteiger charge is 2.48. The van der Waals surface area contributed by atoms with Crippen molar-refractivity contribution in [3.05, 3.63) is 0 Å². The highest BCUT2D eigenvalue weighted by molar-refractivity contribution is 5.05. The summed E-state index contributed by atoms with van der Waals surface area (Å²) in [6, 6.07) is 0. The van der Waals surface area contributed by atoms with Crippen LogP contribution in [-0.2, 0) is 0 Å². The quantitative estimate of drug-likeness (QED) is 0.675. The van der Waals surface area contributed by atoms with E-state index in [9.17, 15) is 4.39 Å². The highest BCUT2D eigenvalue weighted by Crippen LogP contribution is 2.47. The molecular formula is C13H28FN. The molecule has 0 unspecified atom stereocenters. The van der Waals surface area contributed by atoms with E-state index in [1.165, 1.54) is 32.1 Å². The standard InChI is InChI=1S/C9H16FN.2C2H6/c10-6-8-11-7-2-1-3-9(11)4-5-9;2*1-2/h1-8H2;2*1-2H3. The number of alkyl halides is 1. The monoisotopic (exact) mass is 217 g/mol. The molecule has 0 aromatic heterocycles. The second-order valence-electron chi connectivity index (χ2n) is 3.86. The average molecular weight is 217 g/mol. The second kappa shape index (κ2) is 8.09. The SMILES string of the molecule is CC.CC.FCCN1CCCCC12CC2. The van der Waals surface area contributed by atoms with Gasteiger partial charge in [-0.15, -0.1) is 0 Å². The third-order valence-corrected chi connectivity index (χ3v) is 3.17. The number of piperidine rings is 1. The van der Waals surface area contributed by atoms with Gasteiger partial charge in [-0.25, -0.2) is 4.39 Å². The van der Waals surface area contributed by atoms with Gasteiger partial charge in [0.05, 0.1) is 0 Å². The topological polar surface area (TPSA) is 3.24 Å². The Morgan fingerprint density at radius 3 is 2.07 bits per heavy atom. The zero-order valence-corrected chi connectivity index (χ0v) is 11.0. The summed E-state index contributed by atoms with van der Waals surface area (Å²) in [6.07, 6.45) is 6.62. The Bertz CT molecular complexity index is 141. The van der Waals surface area contributed by atoms with E-state index in [0.717, 1.165) is 6.54 Å². The molecular weight excluding hydrogens is 189 g/mol. The van der Waals surface area contributed by atoms with E-state index in [2.05, 4.69) is 4.90 Å². The van der Waals surface area contributed by atoms with Crippen molar-refractivity contribution >= 4 is 0 Å². The van der Waals surface area contributed by atoms with Gasteiger partial charge in [0, 0.05) is 12.1 Å². The fraction of sp³-hybridized carbons (Fsp3) is 1.00. The average Bonchev–Trinajstić information content (AvgIpc) is 3.09. The van der Waals surface area contributed by atoms with Crippen molar-refractivity contribution in [1.82, 2.24) is 4.90 Å². The number of hydrogen-bond acceptors (Lipinski definition) is 1. The van der Waals surface area contributed by atoms with Crippen LogP contribution in [0.3, 0.4) is 0 Å². The van der Waals surface area contributed by atoms with Crippen LogP contribution in [0, 0.1) is 0 Å². The summed E-state index contributed by atoms with van der Waals surface area (Å²) in [5.41, 5.74) is 0.490. The van der Waals surface area contributed by atoms with Gasteiger partial charge >= 0.3 is 0 Å². The molecule has 0 amide bonds. The fourth-order valence-electron chi connectivity index (χ4n) is 2.31. The van der Waals surface area contributed by atoms with Crippen molar-refractivity contribution in [3.63, 3.8) is 0 Å². The first-order valence-electron chi connectivity index (χ1n) is 6.68. The van der Waals surface area contributed by atoms with Gasteiger partial charge in [0.15, 0.2) is 0 Å². The van der Waals surface area contributed by atoms with Crippen LogP contribution in [0.15, 0.2) is 0 Å². The maximum absolute atomic E-state index is 12.1. The third-order valence-electron chi connectivity index (χ3n) is 3.17. The van der Waals surface area contributed by atoms with Gasteiger partial charge in [0.2, 0.25) is 0 Å². The smallest absolute Gasteiger partial charge is 0.102 e. The molecule has 1 aliphatic carbocycles. The van der Waals surface area contributed by atoms with Crippen LogP contribution in [0.2, 0.25) is 0 Å². The van der Waals surface area contributed by atoms with Crippen LogP contribution in [0.25, 0.3) is 0 Å². The molecule has 2 heteroatoms. The summed E-state index contributed by atoms with van der Waals surface area (Å²) in [7, 11) is 0. The summed E-state index contributed by atoms with van der Waals surface area (Å²) in [4.78, 5) is 2.37. The third kappa shape index (κ3) is 4.10. The van der Waals surface area contributed by atoms with Crippen molar-refractivity contribution in [2.45, 2.75) is 65.3 Å². The molecule has 1 saturated heterocycles. The number of nitrogens with zero attached hydrogens (tertiary/aromatic N) is 1. The first-order chi connectivity index (χ1) is 7.37. The van der Waals surface area contributed by atoms with E-state index < -0.39 is 0 Å². The largest absolute Gasteiger partial charge is 0.295 e. The zero-order chi connectivity index (χ0) is 11.7. The Morgan fingerprint density at radius 1 is 1.00 bits per heavy atom. The molecule has 1 nitrogen and oxygen atoms in total. The fourth-order valence-corrected chi connectivity index (χ4v) is 2.31. The van der Waals surface area contributed by atoms with Crippen molar-refractivity contribution in [2.75, 3.05) is 19.8 Å². The van der Waals surface area contributed by atoms with Crippen LogP contribution >= 0.6 is 0 Å². The van der Waals surface area contributed by atoms with Gasteiger partial charge in [-0.2, -0.15) is 0 Å². The minimum Gasteiger partial charge on any atom is -0.295 e. The van der Waals surface area contributed by atoms with Crippen LogP contribution in [0.5, 0.6) is 0 Å². The van der Waals surface area contributed by atoms with Crippen molar-refractivity contribution < 1.29 is 4.39 Å². The Balaban J connectivity index is 0.000000442.